The molecule has 0 saturated carbocycles. The molecule has 0 spiro atoms. The number of nitrogens with zero attached hydrogens (tertiary/aromatic N) is 2. The fourth-order valence-corrected chi connectivity index (χ4v) is 4.84. The van der Waals surface area contributed by atoms with Crippen LogP contribution in [0, 0.1) is 36.0 Å². The molecule has 32 heavy (non-hydrogen) atoms. The summed E-state index contributed by atoms with van der Waals surface area (Å²) in [4.78, 5) is 12.9. The summed E-state index contributed by atoms with van der Waals surface area (Å²) in [6.45, 7) is 3.03. The summed E-state index contributed by atoms with van der Waals surface area (Å²) in [5.41, 5.74) is 1.73. The standard InChI is InChI=1S/C22H22N4O5S/c1-14-6-7-17(8-16(14)9-23)24-22(27)20-21-19(10-26(20)2)32(28,29)25-18(13-31-21)5-3-4-15-11-30-12-15/h6-8,10,15,18,25H,5,11-13H2,1-2H3,(H,24,27)/t18-/m0/s1. The fraction of sp³-hybridized carbons (Fsp3) is 0.364. The highest BCUT2D eigenvalue weighted by Crippen LogP contribution is 2.33. The van der Waals surface area contributed by atoms with Crippen LogP contribution in [-0.4, -0.2) is 44.8 Å². The lowest BCUT2D eigenvalue weighted by molar-refractivity contribution is -0.00306. The van der Waals surface area contributed by atoms with Crippen molar-refractivity contribution in [2.75, 3.05) is 25.1 Å². The van der Waals surface area contributed by atoms with Gasteiger partial charge in [0.05, 0.1) is 36.8 Å². The van der Waals surface area contributed by atoms with E-state index in [1.807, 2.05) is 0 Å². The molecule has 0 radical (unpaired) electrons. The summed E-state index contributed by atoms with van der Waals surface area (Å²) < 4.78 is 40.7. The smallest absolute Gasteiger partial charge is 0.276 e. The number of amides is 1. The summed E-state index contributed by atoms with van der Waals surface area (Å²) in [5.74, 6) is 5.68. The summed E-state index contributed by atoms with van der Waals surface area (Å²) in [7, 11) is -2.33. The van der Waals surface area contributed by atoms with Crippen LogP contribution in [0.5, 0.6) is 5.75 Å². The van der Waals surface area contributed by atoms with Gasteiger partial charge in [-0.15, -0.1) is 5.92 Å². The molecule has 1 amide bonds. The van der Waals surface area contributed by atoms with Crippen molar-refractivity contribution in [3.8, 4) is 23.7 Å². The molecule has 2 aliphatic heterocycles. The molecule has 1 atom stereocenters. The van der Waals surface area contributed by atoms with Crippen molar-refractivity contribution < 1.29 is 22.7 Å². The van der Waals surface area contributed by atoms with Crippen LogP contribution in [0.3, 0.4) is 0 Å². The van der Waals surface area contributed by atoms with Crippen LogP contribution < -0.4 is 14.8 Å². The number of nitriles is 1. The molecule has 2 aliphatic rings. The molecular weight excluding hydrogens is 432 g/mol. The second-order valence-electron chi connectivity index (χ2n) is 7.77. The average Bonchev–Trinajstić information content (AvgIpc) is 3.00. The van der Waals surface area contributed by atoms with E-state index < -0.39 is 22.0 Å². The number of hydrogen-bond donors (Lipinski definition) is 2. The summed E-state index contributed by atoms with van der Waals surface area (Å²) >= 11 is 0. The van der Waals surface area contributed by atoms with E-state index in [-0.39, 0.29) is 35.3 Å². The maximum Gasteiger partial charge on any atom is 0.276 e. The molecule has 9 nitrogen and oxygen atoms in total. The van der Waals surface area contributed by atoms with Crippen molar-refractivity contribution in [2.45, 2.75) is 24.3 Å². The summed E-state index contributed by atoms with van der Waals surface area (Å²) in [6.07, 6.45) is 1.64. The van der Waals surface area contributed by atoms with Gasteiger partial charge >= 0.3 is 0 Å². The van der Waals surface area contributed by atoms with Crippen molar-refractivity contribution in [3.63, 3.8) is 0 Å². The topological polar surface area (TPSA) is 122 Å². The first-order valence-corrected chi connectivity index (χ1v) is 11.5. The Hall–Kier alpha value is -3.31. The van der Waals surface area contributed by atoms with Gasteiger partial charge in [0.25, 0.3) is 5.91 Å². The van der Waals surface area contributed by atoms with Crippen molar-refractivity contribution in [2.24, 2.45) is 13.0 Å². The number of aromatic nitrogens is 1. The average molecular weight is 455 g/mol. The number of sulfonamides is 1. The number of ether oxygens (including phenoxy) is 2. The molecule has 0 bridgehead atoms. The van der Waals surface area contributed by atoms with Crippen molar-refractivity contribution in [1.29, 1.82) is 5.26 Å². The van der Waals surface area contributed by atoms with Gasteiger partial charge in [-0.25, -0.2) is 13.1 Å². The Morgan fingerprint density at radius 2 is 2.12 bits per heavy atom. The number of carbonyl (C=O) groups excluding carboxylic acids is 1. The number of rotatable bonds is 3. The Labute approximate surface area is 186 Å². The van der Waals surface area contributed by atoms with E-state index in [9.17, 15) is 18.5 Å². The molecule has 1 aromatic carbocycles. The predicted octanol–water partition coefficient (Wildman–Crippen LogP) is 1.54. The number of fused-ring (bicyclic) bond motifs is 1. The largest absolute Gasteiger partial charge is 0.488 e. The van der Waals surface area contributed by atoms with Crippen LogP contribution in [-0.2, 0) is 21.8 Å². The number of nitrogens with one attached hydrogen (secondary N) is 2. The van der Waals surface area contributed by atoms with E-state index in [2.05, 4.69) is 27.9 Å². The quantitative estimate of drug-likeness (QED) is 0.679. The SMILES string of the molecule is Cc1ccc(NC(=O)c2c3c(cn2C)S(=O)(=O)N[C@@H](CC#CC2COC2)CO3)cc1C#N. The second-order valence-corrected chi connectivity index (χ2v) is 9.45. The van der Waals surface area contributed by atoms with Crippen LogP contribution in [0.25, 0.3) is 0 Å². The van der Waals surface area contributed by atoms with Gasteiger partial charge in [-0.05, 0) is 24.6 Å². The second kappa shape index (κ2) is 8.67. The monoisotopic (exact) mass is 454 g/mol. The molecule has 166 valence electrons. The number of aryl methyl sites for hydroxylation is 2. The lowest BCUT2D eigenvalue weighted by Crippen LogP contribution is -2.36. The van der Waals surface area contributed by atoms with E-state index >= 15 is 0 Å². The van der Waals surface area contributed by atoms with E-state index in [0.29, 0.717) is 24.5 Å². The van der Waals surface area contributed by atoms with Gasteiger partial charge in [0, 0.05) is 25.4 Å². The van der Waals surface area contributed by atoms with E-state index in [0.717, 1.165) is 5.56 Å². The first-order valence-electron chi connectivity index (χ1n) is 10.0. The zero-order valence-electron chi connectivity index (χ0n) is 17.6. The highest BCUT2D eigenvalue weighted by molar-refractivity contribution is 7.89. The molecule has 1 fully saturated rings. The van der Waals surface area contributed by atoms with Gasteiger partial charge < -0.3 is 19.4 Å². The molecule has 2 N–H and O–H groups in total. The van der Waals surface area contributed by atoms with E-state index in [4.69, 9.17) is 9.47 Å². The van der Waals surface area contributed by atoms with Crippen molar-refractivity contribution in [1.82, 2.24) is 9.29 Å². The number of benzene rings is 1. The van der Waals surface area contributed by atoms with Gasteiger partial charge in [0.1, 0.15) is 11.5 Å². The maximum atomic E-state index is 13.0. The Bertz CT molecular complexity index is 1280. The fourth-order valence-electron chi connectivity index (χ4n) is 3.43. The van der Waals surface area contributed by atoms with Crippen LogP contribution in [0.1, 0.15) is 28.0 Å². The van der Waals surface area contributed by atoms with Crippen LogP contribution >= 0.6 is 0 Å². The van der Waals surface area contributed by atoms with Crippen LogP contribution in [0.15, 0.2) is 29.3 Å². The Morgan fingerprint density at radius 1 is 1.34 bits per heavy atom. The molecule has 2 aromatic rings. The molecule has 10 heteroatoms. The molecule has 3 heterocycles. The van der Waals surface area contributed by atoms with Crippen molar-refractivity contribution >= 4 is 21.6 Å². The van der Waals surface area contributed by atoms with Gasteiger partial charge in [-0.3, -0.25) is 4.79 Å². The number of hydrogen-bond acceptors (Lipinski definition) is 6. The molecule has 4 rings (SSSR count). The van der Waals surface area contributed by atoms with Crippen LogP contribution in [0.2, 0.25) is 0 Å². The molecule has 1 saturated heterocycles. The minimum Gasteiger partial charge on any atom is -0.488 e. The van der Waals surface area contributed by atoms with E-state index in [1.165, 1.54) is 10.8 Å². The van der Waals surface area contributed by atoms with Gasteiger partial charge in [-0.1, -0.05) is 12.0 Å². The van der Waals surface area contributed by atoms with Crippen molar-refractivity contribution in [3.05, 3.63) is 41.2 Å². The number of carbonyl (C=O) groups is 1. The summed E-state index contributed by atoms with van der Waals surface area (Å²) in [6, 6.07) is 6.50. The Balaban J connectivity index is 1.57. The lowest BCUT2D eigenvalue weighted by atomic mass is 10.1. The number of anilines is 1. The summed E-state index contributed by atoms with van der Waals surface area (Å²) in [5, 5.41) is 11.9. The first kappa shape index (κ1) is 21.9. The normalized spacial score (nSPS) is 19.2. The van der Waals surface area contributed by atoms with Gasteiger partial charge in [0.2, 0.25) is 10.0 Å². The zero-order valence-corrected chi connectivity index (χ0v) is 18.5. The third-order valence-corrected chi connectivity index (χ3v) is 6.78. The van der Waals surface area contributed by atoms with Gasteiger partial charge in [-0.2, -0.15) is 5.26 Å². The van der Waals surface area contributed by atoms with E-state index in [1.54, 1.807) is 32.2 Å². The van der Waals surface area contributed by atoms with Crippen LogP contribution in [0.4, 0.5) is 5.69 Å². The molecule has 0 unspecified atom stereocenters. The molecule has 0 aliphatic carbocycles. The third kappa shape index (κ3) is 4.34. The minimum atomic E-state index is -3.91. The highest BCUT2D eigenvalue weighted by atomic mass is 32.2. The minimum absolute atomic E-state index is 0.00651. The molecule has 1 aromatic heterocycles. The third-order valence-electron chi connectivity index (χ3n) is 5.27. The predicted molar refractivity (Wildman–Crippen MR) is 116 cm³/mol. The first-order chi connectivity index (χ1) is 15.3. The maximum absolute atomic E-state index is 13.0. The Morgan fingerprint density at radius 3 is 2.81 bits per heavy atom. The van der Waals surface area contributed by atoms with Gasteiger partial charge in [0.15, 0.2) is 11.4 Å². The lowest BCUT2D eigenvalue weighted by Gasteiger charge is -2.20. The molecular formula is C22H22N4O5S. The highest BCUT2D eigenvalue weighted by Gasteiger charge is 2.34. The zero-order chi connectivity index (χ0) is 22.9. The Kier molecular flexibility index (Phi) is 5.94.